The second-order valence-electron chi connectivity index (χ2n) is 6.67. The number of rotatable bonds is 5. The topological polar surface area (TPSA) is 98.5 Å². The van der Waals surface area contributed by atoms with Crippen molar-refractivity contribution in [3.05, 3.63) is 112 Å². The number of carbonyl (C=O) groups excluding carboxylic acids is 2. The average molecular weight is 412 g/mol. The highest BCUT2D eigenvalue weighted by atomic mass is 16.6. The summed E-state index contributed by atoms with van der Waals surface area (Å²) in [6.45, 7) is 0. The lowest BCUT2D eigenvalue weighted by Gasteiger charge is -2.12. The van der Waals surface area contributed by atoms with Gasteiger partial charge in [-0.25, -0.2) is 4.79 Å². The smallest absolute Gasteiger partial charge is 0.343 e. The van der Waals surface area contributed by atoms with Crippen molar-refractivity contribution in [1.82, 2.24) is 0 Å². The van der Waals surface area contributed by atoms with Gasteiger partial charge in [-0.2, -0.15) is 0 Å². The summed E-state index contributed by atoms with van der Waals surface area (Å²) in [5.41, 5.74) is 0.852. The predicted molar refractivity (Wildman–Crippen MR) is 116 cm³/mol. The van der Waals surface area contributed by atoms with E-state index >= 15 is 0 Å². The van der Waals surface area contributed by atoms with Gasteiger partial charge < -0.3 is 10.1 Å². The van der Waals surface area contributed by atoms with E-state index < -0.39 is 10.9 Å². The number of ether oxygens (including phenoxy) is 1. The van der Waals surface area contributed by atoms with Gasteiger partial charge in [0, 0.05) is 17.7 Å². The third kappa shape index (κ3) is 4.25. The highest BCUT2D eigenvalue weighted by Gasteiger charge is 2.16. The Kier molecular flexibility index (Phi) is 5.40. The molecule has 1 N–H and O–H groups in total. The number of carbonyl (C=O) groups is 2. The lowest BCUT2D eigenvalue weighted by molar-refractivity contribution is -0.384. The van der Waals surface area contributed by atoms with Gasteiger partial charge in [-0.05, 0) is 41.1 Å². The zero-order chi connectivity index (χ0) is 21.8. The number of esters is 1. The first-order valence-electron chi connectivity index (χ1n) is 9.38. The number of hydrogen-bond donors (Lipinski definition) is 1. The molecule has 0 unspecified atom stereocenters. The van der Waals surface area contributed by atoms with Crippen LogP contribution in [0.2, 0.25) is 0 Å². The zero-order valence-corrected chi connectivity index (χ0v) is 16.1. The molecule has 0 aromatic heterocycles. The standard InChI is InChI=1S/C24H16N2O5/c27-23(20-9-5-7-16-6-1-2-8-19(16)20)25-21-10-3-4-11-22(21)31-24(28)17-12-14-18(15-13-17)26(29)30/h1-15H,(H,25,27). The van der Waals surface area contributed by atoms with Crippen molar-refractivity contribution in [1.29, 1.82) is 0 Å². The number of nitro benzene ring substituents is 1. The minimum atomic E-state index is -0.693. The SMILES string of the molecule is O=C(Oc1ccccc1NC(=O)c1cccc2ccccc12)c1ccc([N+](=O)[O-])cc1. The van der Waals surface area contributed by atoms with Gasteiger partial charge >= 0.3 is 5.97 Å². The van der Waals surface area contributed by atoms with E-state index in [-0.39, 0.29) is 22.9 Å². The van der Waals surface area contributed by atoms with Crippen molar-refractivity contribution in [2.75, 3.05) is 5.32 Å². The number of amides is 1. The van der Waals surface area contributed by atoms with Gasteiger partial charge in [0.1, 0.15) is 0 Å². The second kappa shape index (κ2) is 8.46. The fourth-order valence-corrected chi connectivity index (χ4v) is 3.15. The molecular formula is C24H16N2O5. The van der Waals surface area contributed by atoms with Gasteiger partial charge in [0.15, 0.2) is 5.75 Å². The Morgan fingerprint density at radius 3 is 2.26 bits per heavy atom. The Bertz CT molecular complexity index is 1290. The lowest BCUT2D eigenvalue weighted by atomic mass is 10.0. The molecule has 0 aliphatic carbocycles. The molecule has 4 aromatic carbocycles. The first kappa shape index (κ1) is 19.8. The number of benzene rings is 4. The summed E-state index contributed by atoms with van der Waals surface area (Å²) in [5.74, 6) is -0.864. The van der Waals surface area contributed by atoms with Crippen LogP contribution in [0.5, 0.6) is 5.75 Å². The highest BCUT2D eigenvalue weighted by Crippen LogP contribution is 2.27. The van der Waals surface area contributed by atoms with E-state index in [1.54, 1.807) is 36.4 Å². The summed E-state index contributed by atoms with van der Waals surface area (Å²) in [6.07, 6.45) is 0. The van der Waals surface area contributed by atoms with Crippen molar-refractivity contribution < 1.29 is 19.2 Å². The molecular weight excluding hydrogens is 396 g/mol. The Labute approximate surface area is 177 Å². The summed E-state index contributed by atoms with van der Waals surface area (Å²) in [5, 5.41) is 15.3. The summed E-state index contributed by atoms with van der Waals surface area (Å²) in [4.78, 5) is 35.6. The molecule has 0 spiro atoms. The average Bonchev–Trinajstić information content (AvgIpc) is 2.80. The van der Waals surface area contributed by atoms with Crippen LogP contribution in [0, 0.1) is 10.1 Å². The van der Waals surface area contributed by atoms with Gasteiger partial charge in [-0.1, -0.05) is 48.5 Å². The minimum Gasteiger partial charge on any atom is -0.421 e. The van der Waals surface area contributed by atoms with Crippen LogP contribution >= 0.6 is 0 Å². The number of para-hydroxylation sites is 2. The summed E-state index contributed by atoms with van der Waals surface area (Å²) in [7, 11) is 0. The maximum Gasteiger partial charge on any atom is 0.343 e. The number of non-ortho nitro benzene ring substituents is 1. The number of nitro groups is 1. The van der Waals surface area contributed by atoms with E-state index in [1.165, 1.54) is 24.3 Å². The molecule has 0 saturated heterocycles. The van der Waals surface area contributed by atoms with Crippen LogP contribution in [-0.2, 0) is 0 Å². The van der Waals surface area contributed by atoms with Crippen molar-refractivity contribution in [3.8, 4) is 5.75 Å². The van der Waals surface area contributed by atoms with E-state index in [2.05, 4.69) is 5.32 Å². The lowest BCUT2D eigenvalue weighted by Crippen LogP contribution is -2.15. The van der Waals surface area contributed by atoms with Crippen LogP contribution in [0.3, 0.4) is 0 Å². The quantitative estimate of drug-likeness (QED) is 0.210. The second-order valence-corrected chi connectivity index (χ2v) is 6.67. The molecule has 152 valence electrons. The molecule has 0 bridgehead atoms. The molecule has 31 heavy (non-hydrogen) atoms. The number of anilines is 1. The van der Waals surface area contributed by atoms with Crippen LogP contribution in [0.4, 0.5) is 11.4 Å². The van der Waals surface area contributed by atoms with Gasteiger partial charge in [0.2, 0.25) is 0 Å². The summed E-state index contributed by atoms with van der Waals surface area (Å²) >= 11 is 0. The highest BCUT2D eigenvalue weighted by molar-refractivity contribution is 6.13. The molecule has 0 fully saturated rings. The molecule has 0 atom stereocenters. The maximum absolute atomic E-state index is 12.9. The van der Waals surface area contributed by atoms with Crippen LogP contribution in [-0.4, -0.2) is 16.8 Å². The van der Waals surface area contributed by atoms with Crippen LogP contribution < -0.4 is 10.1 Å². The van der Waals surface area contributed by atoms with Crippen molar-refractivity contribution in [2.45, 2.75) is 0 Å². The van der Waals surface area contributed by atoms with E-state index in [4.69, 9.17) is 4.74 Å². The first-order valence-corrected chi connectivity index (χ1v) is 9.38. The molecule has 0 heterocycles. The first-order chi connectivity index (χ1) is 15.0. The number of nitrogens with zero attached hydrogens (tertiary/aromatic N) is 1. The monoisotopic (exact) mass is 412 g/mol. The van der Waals surface area contributed by atoms with Crippen molar-refractivity contribution >= 4 is 34.0 Å². The summed E-state index contributed by atoms with van der Waals surface area (Å²) in [6, 6.07) is 24.7. The third-order valence-corrected chi connectivity index (χ3v) is 4.69. The molecule has 4 rings (SSSR count). The number of nitrogens with one attached hydrogen (secondary N) is 1. The number of hydrogen-bond acceptors (Lipinski definition) is 5. The van der Waals surface area contributed by atoms with Crippen LogP contribution in [0.25, 0.3) is 10.8 Å². The molecule has 0 aliphatic heterocycles. The van der Waals surface area contributed by atoms with Gasteiger partial charge in [0.25, 0.3) is 11.6 Å². The fraction of sp³-hybridized carbons (Fsp3) is 0. The van der Waals surface area contributed by atoms with E-state index in [1.807, 2.05) is 30.3 Å². The van der Waals surface area contributed by atoms with Gasteiger partial charge in [-0.15, -0.1) is 0 Å². The zero-order valence-electron chi connectivity index (χ0n) is 16.1. The van der Waals surface area contributed by atoms with Crippen molar-refractivity contribution in [2.24, 2.45) is 0 Å². The van der Waals surface area contributed by atoms with E-state index in [0.29, 0.717) is 11.3 Å². The molecule has 7 nitrogen and oxygen atoms in total. The molecule has 7 heteroatoms. The number of fused-ring (bicyclic) bond motifs is 1. The van der Waals surface area contributed by atoms with E-state index in [0.717, 1.165) is 10.8 Å². The maximum atomic E-state index is 12.9. The van der Waals surface area contributed by atoms with Gasteiger partial charge in [-0.3, -0.25) is 14.9 Å². The largest absolute Gasteiger partial charge is 0.421 e. The Balaban J connectivity index is 1.56. The fourth-order valence-electron chi connectivity index (χ4n) is 3.15. The molecule has 1 amide bonds. The Morgan fingerprint density at radius 1 is 0.806 bits per heavy atom. The Hall–Kier alpha value is -4.52. The van der Waals surface area contributed by atoms with E-state index in [9.17, 15) is 19.7 Å². The summed E-state index contributed by atoms with van der Waals surface area (Å²) < 4.78 is 5.43. The predicted octanol–water partition coefficient (Wildman–Crippen LogP) is 5.22. The van der Waals surface area contributed by atoms with Gasteiger partial charge in [0.05, 0.1) is 16.2 Å². The third-order valence-electron chi connectivity index (χ3n) is 4.69. The molecule has 0 radical (unpaired) electrons. The Morgan fingerprint density at radius 2 is 1.48 bits per heavy atom. The van der Waals surface area contributed by atoms with Crippen LogP contribution in [0.1, 0.15) is 20.7 Å². The minimum absolute atomic E-state index is 0.126. The van der Waals surface area contributed by atoms with Crippen molar-refractivity contribution in [3.63, 3.8) is 0 Å². The molecule has 4 aromatic rings. The normalized spacial score (nSPS) is 10.5. The van der Waals surface area contributed by atoms with Crippen LogP contribution in [0.15, 0.2) is 91.0 Å². The molecule has 0 aliphatic rings. The molecule has 0 saturated carbocycles.